The molecule has 0 saturated carbocycles. The number of amides is 1. The van der Waals surface area contributed by atoms with Crippen molar-refractivity contribution in [2.24, 2.45) is 0 Å². The van der Waals surface area contributed by atoms with Crippen LogP contribution in [0.5, 0.6) is 0 Å². The number of nitrogens with one attached hydrogen (secondary N) is 1. The molecule has 1 fully saturated rings. The first-order valence-corrected chi connectivity index (χ1v) is 11.5. The van der Waals surface area contributed by atoms with Crippen LogP contribution in [0, 0.1) is 6.92 Å². The van der Waals surface area contributed by atoms with Crippen molar-refractivity contribution < 1.29 is 4.79 Å². The molecule has 1 atom stereocenters. The SMILES string of the molecule is [CH]c1ccc(-c2nc(C3CCCCCN3C(=O)C=C)n3ccnc(Nc4ccccn4)c23)cc1. The highest BCUT2D eigenvalue weighted by molar-refractivity contribution is 5.89. The van der Waals surface area contributed by atoms with Gasteiger partial charge in [-0.15, -0.1) is 0 Å². The molecule has 4 heterocycles. The van der Waals surface area contributed by atoms with Crippen LogP contribution in [0.1, 0.15) is 43.1 Å². The number of hydrogen-bond acceptors (Lipinski definition) is 5. The number of hydrogen-bond donors (Lipinski definition) is 1. The summed E-state index contributed by atoms with van der Waals surface area (Å²) >= 11 is 0. The molecular weight excluding hydrogens is 424 g/mol. The van der Waals surface area contributed by atoms with Gasteiger partial charge < -0.3 is 10.2 Å². The highest BCUT2D eigenvalue weighted by Crippen LogP contribution is 2.36. The van der Waals surface area contributed by atoms with E-state index in [4.69, 9.17) is 11.9 Å². The van der Waals surface area contributed by atoms with E-state index < -0.39 is 0 Å². The number of anilines is 2. The van der Waals surface area contributed by atoms with Crippen LogP contribution in [0.15, 0.2) is 73.7 Å². The average Bonchev–Trinajstić information content (AvgIpc) is 3.08. The number of fused-ring (bicyclic) bond motifs is 1. The summed E-state index contributed by atoms with van der Waals surface area (Å²) in [5, 5.41) is 3.34. The Morgan fingerprint density at radius 3 is 2.71 bits per heavy atom. The molecule has 1 aromatic carbocycles. The molecule has 1 saturated heterocycles. The van der Waals surface area contributed by atoms with Crippen molar-refractivity contribution in [1.82, 2.24) is 24.3 Å². The Morgan fingerprint density at radius 1 is 1.09 bits per heavy atom. The van der Waals surface area contributed by atoms with Crippen LogP contribution in [0.4, 0.5) is 11.6 Å². The van der Waals surface area contributed by atoms with Gasteiger partial charge in [-0.1, -0.05) is 49.8 Å². The van der Waals surface area contributed by atoms with E-state index in [0.29, 0.717) is 23.7 Å². The van der Waals surface area contributed by atoms with E-state index in [-0.39, 0.29) is 11.9 Å². The van der Waals surface area contributed by atoms with E-state index in [2.05, 4.69) is 21.9 Å². The smallest absolute Gasteiger partial charge is 0.246 e. The highest BCUT2D eigenvalue weighted by atomic mass is 16.2. The van der Waals surface area contributed by atoms with Gasteiger partial charge in [-0.3, -0.25) is 9.20 Å². The Hall–Kier alpha value is -4.00. The first-order chi connectivity index (χ1) is 16.7. The number of carbonyl (C=O) groups excluding carboxylic acids is 1. The zero-order valence-corrected chi connectivity index (χ0v) is 18.9. The zero-order valence-electron chi connectivity index (χ0n) is 18.9. The van der Waals surface area contributed by atoms with Gasteiger partial charge in [-0.25, -0.2) is 15.0 Å². The van der Waals surface area contributed by atoms with Gasteiger partial charge in [0.15, 0.2) is 5.82 Å². The van der Waals surface area contributed by atoms with Crippen LogP contribution in [-0.2, 0) is 4.79 Å². The molecule has 1 unspecified atom stereocenters. The third-order valence-electron chi connectivity index (χ3n) is 6.19. The predicted octanol–water partition coefficient (Wildman–Crippen LogP) is 5.22. The second-order valence-electron chi connectivity index (χ2n) is 8.38. The Labute approximate surface area is 199 Å². The molecule has 0 spiro atoms. The Kier molecular flexibility index (Phi) is 6.08. The third kappa shape index (κ3) is 4.17. The first kappa shape index (κ1) is 21.8. The Bertz CT molecular complexity index is 1310. The quantitative estimate of drug-likeness (QED) is 0.422. The molecular formula is C27H26N6O. The van der Waals surface area contributed by atoms with Gasteiger partial charge >= 0.3 is 0 Å². The predicted molar refractivity (Wildman–Crippen MR) is 132 cm³/mol. The van der Waals surface area contributed by atoms with Crippen molar-refractivity contribution in [3.8, 4) is 11.3 Å². The number of benzene rings is 1. The summed E-state index contributed by atoms with van der Waals surface area (Å²) in [4.78, 5) is 28.8. The Morgan fingerprint density at radius 2 is 1.94 bits per heavy atom. The second-order valence-corrected chi connectivity index (χ2v) is 8.38. The summed E-state index contributed by atoms with van der Waals surface area (Å²) in [7, 11) is 0. The second kappa shape index (κ2) is 9.47. The van der Waals surface area contributed by atoms with Crippen molar-refractivity contribution in [2.75, 3.05) is 11.9 Å². The van der Waals surface area contributed by atoms with Crippen LogP contribution in [0.25, 0.3) is 16.8 Å². The van der Waals surface area contributed by atoms with E-state index >= 15 is 0 Å². The number of imidazole rings is 1. The number of pyridine rings is 1. The van der Waals surface area contributed by atoms with E-state index in [1.165, 1.54) is 6.08 Å². The number of nitrogens with zero attached hydrogens (tertiary/aromatic N) is 5. The molecule has 5 rings (SSSR count). The topological polar surface area (TPSA) is 75.4 Å². The lowest BCUT2D eigenvalue weighted by molar-refractivity contribution is -0.128. The lowest BCUT2D eigenvalue weighted by atomic mass is 10.1. The van der Waals surface area contributed by atoms with Crippen molar-refractivity contribution in [1.29, 1.82) is 0 Å². The van der Waals surface area contributed by atoms with Gasteiger partial charge in [0.1, 0.15) is 22.9 Å². The van der Waals surface area contributed by atoms with Crippen LogP contribution >= 0.6 is 0 Å². The normalized spacial score (nSPS) is 16.3. The number of carbonyl (C=O) groups is 1. The van der Waals surface area contributed by atoms with Crippen LogP contribution in [-0.4, -0.2) is 36.7 Å². The molecule has 0 aliphatic carbocycles. The van der Waals surface area contributed by atoms with E-state index in [1.54, 1.807) is 12.4 Å². The molecule has 0 bridgehead atoms. The monoisotopic (exact) mass is 450 g/mol. The largest absolute Gasteiger partial charge is 0.329 e. The fraction of sp³-hybridized carbons (Fsp3) is 0.222. The van der Waals surface area contributed by atoms with Gasteiger partial charge in [0.05, 0.1) is 6.04 Å². The fourth-order valence-corrected chi connectivity index (χ4v) is 4.55. The Balaban J connectivity index is 1.71. The third-order valence-corrected chi connectivity index (χ3v) is 6.19. The van der Waals surface area contributed by atoms with Crippen LogP contribution in [0.3, 0.4) is 0 Å². The summed E-state index contributed by atoms with van der Waals surface area (Å²) in [5.74, 6) is 2.07. The van der Waals surface area contributed by atoms with Gasteiger partial charge in [-0.05, 0) is 43.5 Å². The number of likely N-dealkylation sites (tertiary alicyclic amines) is 1. The molecule has 7 heteroatoms. The van der Waals surface area contributed by atoms with Crippen molar-refractivity contribution >= 4 is 23.1 Å². The minimum atomic E-state index is -0.159. The van der Waals surface area contributed by atoms with E-state index in [1.807, 2.05) is 58.0 Å². The summed E-state index contributed by atoms with van der Waals surface area (Å²) in [6, 6.07) is 13.2. The minimum absolute atomic E-state index is 0.0708. The molecule has 1 amide bonds. The van der Waals surface area contributed by atoms with E-state index in [9.17, 15) is 4.79 Å². The van der Waals surface area contributed by atoms with Gasteiger partial charge in [0.2, 0.25) is 5.91 Å². The van der Waals surface area contributed by atoms with Gasteiger partial charge in [0.25, 0.3) is 0 Å². The maximum atomic E-state index is 12.8. The standard InChI is InChI=1S/C27H26N6O/c1-3-23(34)32-17-8-4-5-9-21(32)27-31-24(20-13-11-19(2)12-14-20)25-26(29-16-18-33(25)27)30-22-10-6-7-15-28-22/h2-3,6-7,10-16,18,21H,1,4-5,8-9,17H2,(H,28,29,30). The lowest BCUT2D eigenvalue weighted by Crippen LogP contribution is -2.34. The zero-order chi connectivity index (χ0) is 23.5. The maximum absolute atomic E-state index is 12.8. The van der Waals surface area contributed by atoms with Crippen molar-refractivity contribution in [2.45, 2.75) is 31.7 Å². The molecule has 1 aliphatic heterocycles. The minimum Gasteiger partial charge on any atom is -0.329 e. The number of aromatic nitrogens is 4. The summed E-state index contributed by atoms with van der Waals surface area (Å²) in [6.45, 7) is 10.4. The highest BCUT2D eigenvalue weighted by Gasteiger charge is 2.30. The first-order valence-electron chi connectivity index (χ1n) is 11.5. The molecule has 7 nitrogen and oxygen atoms in total. The van der Waals surface area contributed by atoms with Crippen LogP contribution < -0.4 is 5.32 Å². The lowest BCUT2D eigenvalue weighted by Gasteiger charge is -2.28. The number of rotatable bonds is 5. The molecule has 1 aliphatic rings. The maximum Gasteiger partial charge on any atom is 0.246 e. The molecule has 4 aromatic rings. The fourth-order valence-electron chi connectivity index (χ4n) is 4.55. The van der Waals surface area contributed by atoms with Crippen LogP contribution in [0.2, 0.25) is 0 Å². The average molecular weight is 451 g/mol. The molecule has 170 valence electrons. The summed E-state index contributed by atoms with van der Waals surface area (Å²) in [5.41, 5.74) is 3.20. The summed E-state index contributed by atoms with van der Waals surface area (Å²) < 4.78 is 2.04. The van der Waals surface area contributed by atoms with Gasteiger partial charge in [0, 0.05) is 30.7 Å². The molecule has 2 radical (unpaired) electrons. The van der Waals surface area contributed by atoms with Crippen molar-refractivity contribution in [3.05, 3.63) is 92.0 Å². The molecule has 3 aromatic heterocycles. The molecule has 34 heavy (non-hydrogen) atoms. The molecule has 1 N–H and O–H groups in total. The van der Waals surface area contributed by atoms with Gasteiger partial charge in [-0.2, -0.15) is 0 Å². The van der Waals surface area contributed by atoms with Crippen molar-refractivity contribution in [3.63, 3.8) is 0 Å². The summed E-state index contributed by atoms with van der Waals surface area (Å²) in [6.07, 6.45) is 10.7. The van der Waals surface area contributed by atoms with E-state index in [0.717, 1.165) is 48.3 Å².